The fourth-order valence-corrected chi connectivity index (χ4v) is 2.32. The van der Waals surface area contributed by atoms with Crippen molar-refractivity contribution in [3.63, 3.8) is 0 Å². The first kappa shape index (κ1) is 18.3. The standard InChI is InChI=1S/C18H11ClFN3O4/c19-15-7-1-11(9-16(15)23(25)26)18(24)22-13-4-8-17(21-10-13)27-14-5-2-12(20)3-6-14/h1-10H,(H,22,24). The van der Waals surface area contributed by atoms with E-state index in [1.165, 1.54) is 48.7 Å². The van der Waals surface area contributed by atoms with Crippen LogP contribution in [0.15, 0.2) is 60.8 Å². The number of amides is 1. The lowest BCUT2D eigenvalue weighted by Crippen LogP contribution is -2.12. The lowest BCUT2D eigenvalue weighted by atomic mass is 10.2. The number of nitrogens with one attached hydrogen (secondary N) is 1. The molecular formula is C18H11ClFN3O4. The van der Waals surface area contributed by atoms with Gasteiger partial charge in [-0.2, -0.15) is 0 Å². The number of hydrogen-bond acceptors (Lipinski definition) is 5. The highest BCUT2D eigenvalue weighted by Gasteiger charge is 2.16. The van der Waals surface area contributed by atoms with Gasteiger partial charge in [0.15, 0.2) is 0 Å². The predicted molar refractivity (Wildman–Crippen MR) is 96.8 cm³/mol. The summed E-state index contributed by atoms with van der Waals surface area (Å²) in [5.74, 6) is -0.268. The molecule has 27 heavy (non-hydrogen) atoms. The molecule has 0 radical (unpaired) electrons. The van der Waals surface area contributed by atoms with Crippen LogP contribution in [0.5, 0.6) is 11.6 Å². The molecule has 0 spiro atoms. The summed E-state index contributed by atoms with van der Waals surface area (Å²) in [6.07, 6.45) is 1.36. The van der Waals surface area contributed by atoms with Crippen LogP contribution in [0.4, 0.5) is 15.8 Å². The van der Waals surface area contributed by atoms with Gasteiger partial charge in [0.25, 0.3) is 11.6 Å². The van der Waals surface area contributed by atoms with E-state index >= 15 is 0 Å². The molecule has 1 aromatic heterocycles. The lowest BCUT2D eigenvalue weighted by Gasteiger charge is -2.07. The van der Waals surface area contributed by atoms with Crippen LogP contribution in [-0.2, 0) is 0 Å². The number of anilines is 1. The van der Waals surface area contributed by atoms with Crippen molar-refractivity contribution in [3.05, 3.63) is 87.3 Å². The summed E-state index contributed by atoms with van der Waals surface area (Å²) in [5.41, 5.74) is 0.0901. The zero-order valence-electron chi connectivity index (χ0n) is 13.6. The molecule has 0 saturated carbocycles. The monoisotopic (exact) mass is 387 g/mol. The van der Waals surface area contributed by atoms with E-state index in [4.69, 9.17) is 16.3 Å². The molecule has 7 nitrogen and oxygen atoms in total. The highest BCUT2D eigenvalue weighted by atomic mass is 35.5. The van der Waals surface area contributed by atoms with Crippen LogP contribution < -0.4 is 10.1 Å². The van der Waals surface area contributed by atoms with Gasteiger partial charge in [-0.1, -0.05) is 11.6 Å². The van der Waals surface area contributed by atoms with Crippen LogP contribution in [0.2, 0.25) is 5.02 Å². The van der Waals surface area contributed by atoms with E-state index in [2.05, 4.69) is 10.3 Å². The third kappa shape index (κ3) is 4.56. The number of benzene rings is 2. The van der Waals surface area contributed by atoms with Crippen molar-refractivity contribution in [2.24, 2.45) is 0 Å². The van der Waals surface area contributed by atoms with Crippen molar-refractivity contribution < 1.29 is 18.8 Å². The molecule has 1 N–H and O–H groups in total. The Balaban J connectivity index is 1.69. The maximum atomic E-state index is 12.9. The third-order valence-corrected chi connectivity index (χ3v) is 3.75. The first-order valence-corrected chi connectivity index (χ1v) is 7.95. The molecule has 0 fully saturated rings. The fraction of sp³-hybridized carbons (Fsp3) is 0. The molecule has 136 valence electrons. The van der Waals surface area contributed by atoms with Gasteiger partial charge in [-0.15, -0.1) is 0 Å². The molecule has 3 aromatic rings. The fourth-order valence-electron chi connectivity index (χ4n) is 2.14. The molecule has 1 amide bonds. The van der Waals surface area contributed by atoms with E-state index in [0.717, 1.165) is 6.07 Å². The van der Waals surface area contributed by atoms with Gasteiger partial charge >= 0.3 is 0 Å². The maximum Gasteiger partial charge on any atom is 0.288 e. The Kier molecular flexibility index (Phi) is 5.28. The summed E-state index contributed by atoms with van der Waals surface area (Å²) >= 11 is 5.73. The second-order valence-electron chi connectivity index (χ2n) is 5.32. The van der Waals surface area contributed by atoms with Gasteiger partial charge in [0.2, 0.25) is 5.88 Å². The van der Waals surface area contributed by atoms with E-state index in [1.54, 1.807) is 6.07 Å². The van der Waals surface area contributed by atoms with Gasteiger partial charge in [0, 0.05) is 17.7 Å². The number of rotatable bonds is 5. The molecule has 1 heterocycles. The van der Waals surface area contributed by atoms with Crippen molar-refractivity contribution >= 4 is 28.9 Å². The SMILES string of the molecule is O=C(Nc1ccc(Oc2ccc(F)cc2)nc1)c1ccc(Cl)c([N+](=O)[O-])c1. The highest BCUT2D eigenvalue weighted by Crippen LogP contribution is 2.26. The Labute approximate surface area is 157 Å². The lowest BCUT2D eigenvalue weighted by molar-refractivity contribution is -0.384. The van der Waals surface area contributed by atoms with Crippen LogP contribution in [0.25, 0.3) is 0 Å². The second-order valence-corrected chi connectivity index (χ2v) is 5.73. The van der Waals surface area contributed by atoms with Crippen LogP contribution in [0.3, 0.4) is 0 Å². The highest BCUT2D eigenvalue weighted by molar-refractivity contribution is 6.32. The molecule has 0 aliphatic rings. The van der Waals surface area contributed by atoms with E-state index in [-0.39, 0.29) is 28.0 Å². The number of hydrogen-bond donors (Lipinski definition) is 1. The molecule has 0 unspecified atom stereocenters. The van der Waals surface area contributed by atoms with Crippen LogP contribution in [0, 0.1) is 15.9 Å². The number of ether oxygens (including phenoxy) is 1. The van der Waals surface area contributed by atoms with Crippen molar-refractivity contribution in [2.45, 2.75) is 0 Å². The van der Waals surface area contributed by atoms with Gasteiger partial charge in [-0.3, -0.25) is 14.9 Å². The largest absolute Gasteiger partial charge is 0.439 e. The van der Waals surface area contributed by atoms with Crippen molar-refractivity contribution in [2.75, 3.05) is 5.32 Å². The maximum absolute atomic E-state index is 12.9. The average Bonchev–Trinajstić information content (AvgIpc) is 2.65. The minimum absolute atomic E-state index is 0.0551. The zero-order chi connectivity index (χ0) is 19.4. The number of aromatic nitrogens is 1. The van der Waals surface area contributed by atoms with Gasteiger partial charge in [-0.25, -0.2) is 9.37 Å². The molecule has 0 saturated heterocycles. The van der Waals surface area contributed by atoms with Gasteiger partial charge < -0.3 is 10.1 Å². The number of carbonyl (C=O) groups excluding carboxylic acids is 1. The number of nitro benzene ring substituents is 1. The molecule has 9 heteroatoms. The average molecular weight is 388 g/mol. The predicted octanol–water partition coefficient (Wildman–Crippen LogP) is 4.83. The number of carbonyl (C=O) groups is 1. The molecule has 0 bridgehead atoms. The topological polar surface area (TPSA) is 94.4 Å². The first-order chi connectivity index (χ1) is 12.9. The van der Waals surface area contributed by atoms with Gasteiger partial charge in [0.1, 0.15) is 16.6 Å². The smallest absolute Gasteiger partial charge is 0.288 e. The Hall–Kier alpha value is -3.52. The number of pyridine rings is 1. The van der Waals surface area contributed by atoms with Gasteiger partial charge in [-0.05, 0) is 42.5 Å². The van der Waals surface area contributed by atoms with E-state index in [0.29, 0.717) is 11.4 Å². The molecule has 0 atom stereocenters. The second kappa shape index (κ2) is 7.79. The van der Waals surface area contributed by atoms with Crippen molar-refractivity contribution in [1.82, 2.24) is 4.98 Å². The number of halogens is 2. The molecule has 0 aliphatic heterocycles. The molecule has 2 aromatic carbocycles. The van der Waals surface area contributed by atoms with Crippen LogP contribution in [0.1, 0.15) is 10.4 Å². The van der Waals surface area contributed by atoms with E-state index < -0.39 is 10.8 Å². The summed E-state index contributed by atoms with van der Waals surface area (Å²) < 4.78 is 18.3. The number of nitrogens with zero attached hydrogens (tertiary/aromatic N) is 2. The molecule has 0 aliphatic carbocycles. The van der Waals surface area contributed by atoms with E-state index in [9.17, 15) is 19.3 Å². The summed E-state index contributed by atoms with van der Waals surface area (Å²) in [4.78, 5) is 26.5. The number of nitro groups is 1. The normalized spacial score (nSPS) is 10.3. The van der Waals surface area contributed by atoms with Crippen molar-refractivity contribution in [3.8, 4) is 11.6 Å². The van der Waals surface area contributed by atoms with E-state index in [1.807, 2.05) is 0 Å². The quantitative estimate of drug-likeness (QED) is 0.500. The molecular weight excluding hydrogens is 377 g/mol. The third-order valence-electron chi connectivity index (χ3n) is 3.44. The minimum atomic E-state index is -0.664. The van der Waals surface area contributed by atoms with Crippen LogP contribution >= 0.6 is 11.6 Å². The summed E-state index contributed by atoms with van der Waals surface area (Å²) in [6.45, 7) is 0. The van der Waals surface area contributed by atoms with Crippen molar-refractivity contribution in [1.29, 1.82) is 0 Å². The van der Waals surface area contributed by atoms with Gasteiger partial charge in [0.05, 0.1) is 16.8 Å². The Morgan fingerprint density at radius 1 is 1.15 bits per heavy atom. The summed E-state index contributed by atoms with van der Waals surface area (Å²) in [6, 6.07) is 12.3. The minimum Gasteiger partial charge on any atom is -0.439 e. The molecule has 3 rings (SSSR count). The first-order valence-electron chi connectivity index (χ1n) is 7.57. The van der Waals surface area contributed by atoms with Crippen LogP contribution in [-0.4, -0.2) is 15.8 Å². The Morgan fingerprint density at radius 2 is 1.89 bits per heavy atom. The Morgan fingerprint density at radius 3 is 2.52 bits per heavy atom. The Bertz CT molecular complexity index is 994. The zero-order valence-corrected chi connectivity index (χ0v) is 14.3. The summed E-state index contributed by atoms with van der Waals surface area (Å²) in [7, 11) is 0. The summed E-state index contributed by atoms with van der Waals surface area (Å²) in [5, 5.41) is 13.4.